The van der Waals surface area contributed by atoms with Gasteiger partial charge in [-0.2, -0.15) is 13.2 Å². The van der Waals surface area contributed by atoms with Crippen molar-refractivity contribution < 1.29 is 46.5 Å². The Hall–Kier alpha value is -4.54. The number of pyridine rings is 1. The van der Waals surface area contributed by atoms with Crippen LogP contribution < -0.4 is 10.0 Å². The van der Waals surface area contributed by atoms with Crippen molar-refractivity contribution in [2.24, 2.45) is 0 Å². The van der Waals surface area contributed by atoms with E-state index in [4.69, 9.17) is 9.90 Å². The molecule has 0 aliphatic carbocycles. The van der Waals surface area contributed by atoms with Crippen molar-refractivity contribution in [2.75, 3.05) is 11.3 Å². The molecule has 0 saturated heterocycles. The largest absolute Gasteiger partial charge is 0.490 e. The summed E-state index contributed by atoms with van der Waals surface area (Å²) >= 11 is 0. The molecule has 0 fully saturated rings. The van der Waals surface area contributed by atoms with E-state index in [0.29, 0.717) is 35.4 Å². The number of carboxylic acid groups (broad SMARTS) is 2. The van der Waals surface area contributed by atoms with Crippen LogP contribution in [-0.4, -0.2) is 68.5 Å². The van der Waals surface area contributed by atoms with E-state index in [1.54, 1.807) is 54.9 Å². The first-order chi connectivity index (χ1) is 20.5. The fourth-order valence-corrected chi connectivity index (χ4v) is 4.90. The number of nitrogens with one attached hydrogen (secondary N) is 2. The van der Waals surface area contributed by atoms with Gasteiger partial charge in [0.15, 0.2) is 11.3 Å². The molecule has 0 aliphatic heterocycles. The number of fused-ring (bicyclic) bond motifs is 1. The van der Waals surface area contributed by atoms with Crippen molar-refractivity contribution in [3.8, 4) is 0 Å². The molecule has 0 spiro atoms. The number of aliphatic hydroxyl groups excluding tert-OH is 1. The van der Waals surface area contributed by atoms with Gasteiger partial charge in [-0.25, -0.2) is 28.0 Å². The maximum atomic E-state index is 12.6. The first-order valence-electron chi connectivity index (χ1n) is 12.9. The molecule has 2 aromatic heterocycles. The summed E-state index contributed by atoms with van der Waals surface area (Å²) in [5.41, 5.74) is 1.64. The van der Waals surface area contributed by atoms with E-state index < -0.39 is 34.2 Å². The molecular formula is C28H30F3N5O7S. The van der Waals surface area contributed by atoms with Crippen LogP contribution in [0.15, 0.2) is 78.0 Å². The third-order valence-corrected chi connectivity index (χ3v) is 7.65. The van der Waals surface area contributed by atoms with Gasteiger partial charge in [0.25, 0.3) is 10.0 Å². The number of aryl methyl sites for hydroxylation is 1. The van der Waals surface area contributed by atoms with Crippen LogP contribution in [0.2, 0.25) is 0 Å². The fourth-order valence-electron chi connectivity index (χ4n) is 3.82. The number of sulfonamides is 1. The molecular weight excluding hydrogens is 607 g/mol. The highest BCUT2D eigenvalue weighted by Crippen LogP contribution is 2.22. The van der Waals surface area contributed by atoms with E-state index >= 15 is 0 Å². The van der Waals surface area contributed by atoms with Gasteiger partial charge in [0.2, 0.25) is 0 Å². The third-order valence-electron chi connectivity index (χ3n) is 6.25. The number of anilines is 1. The first-order valence-corrected chi connectivity index (χ1v) is 14.4. The highest BCUT2D eigenvalue weighted by atomic mass is 32.2. The van der Waals surface area contributed by atoms with Crippen molar-refractivity contribution in [3.63, 3.8) is 0 Å². The molecule has 2 aromatic carbocycles. The smallest absolute Gasteiger partial charge is 0.477 e. The predicted molar refractivity (Wildman–Crippen MR) is 154 cm³/mol. The van der Waals surface area contributed by atoms with Crippen molar-refractivity contribution >= 4 is 38.8 Å². The van der Waals surface area contributed by atoms with Gasteiger partial charge in [-0.05, 0) is 62.2 Å². The van der Waals surface area contributed by atoms with Crippen LogP contribution in [0.3, 0.4) is 0 Å². The van der Waals surface area contributed by atoms with Crippen LogP contribution in [0.4, 0.5) is 18.9 Å². The number of carbonyl (C=O) groups is 2. The van der Waals surface area contributed by atoms with Crippen LogP contribution >= 0.6 is 0 Å². The number of aromatic nitrogens is 3. The van der Waals surface area contributed by atoms with E-state index in [1.165, 1.54) is 18.2 Å². The van der Waals surface area contributed by atoms with Crippen molar-refractivity contribution in [1.29, 1.82) is 0 Å². The van der Waals surface area contributed by atoms with Crippen molar-refractivity contribution in [2.45, 2.75) is 49.5 Å². The van der Waals surface area contributed by atoms with Crippen molar-refractivity contribution in [3.05, 3.63) is 84.3 Å². The normalized spacial score (nSPS) is 12.7. The SMILES string of the molecule is CC(C)(CCn1cnc2ccc(C(=O)O)nc21)NCC(O)c1cccc(NS(=O)(=O)c2ccccc2)c1.O=C(O)C(F)(F)F. The number of β-amino-alcohol motifs (C(OH)–C–C–N with tert-alkyl or cyclic N) is 1. The topological polar surface area (TPSA) is 184 Å². The number of alkyl halides is 3. The quantitative estimate of drug-likeness (QED) is 0.161. The van der Waals surface area contributed by atoms with E-state index in [0.717, 1.165) is 0 Å². The number of hydrogen-bond donors (Lipinski definition) is 5. The Bertz CT molecular complexity index is 1710. The second-order valence-electron chi connectivity index (χ2n) is 10.2. The third kappa shape index (κ3) is 9.48. The summed E-state index contributed by atoms with van der Waals surface area (Å²) in [6.07, 6.45) is -3.66. The van der Waals surface area contributed by atoms with Gasteiger partial charge >= 0.3 is 18.1 Å². The number of aliphatic carboxylic acids is 1. The number of hydrogen-bond acceptors (Lipinski definition) is 8. The standard InChI is InChI=1S/C26H29N5O5S.C2HF3O2/c1-26(2,13-14-31-17-27-21-11-12-22(25(33)34)29-24(21)31)28-16-23(32)18-7-6-8-19(15-18)30-37(35,36)20-9-4-3-5-10-20;3-2(4,5)1(6)7/h3-12,15,17,23,28,30,32H,13-14,16H2,1-2H3,(H,33,34);(H,6,7). The summed E-state index contributed by atoms with van der Waals surface area (Å²) in [5, 5.41) is 30.5. The zero-order valence-electron chi connectivity index (χ0n) is 23.5. The van der Waals surface area contributed by atoms with Crippen LogP contribution in [0.5, 0.6) is 0 Å². The van der Waals surface area contributed by atoms with Crippen LogP contribution in [0, 0.1) is 0 Å². The molecule has 44 heavy (non-hydrogen) atoms. The maximum absolute atomic E-state index is 12.6. The summed E-state index contributed by atoms with van der Waals surface area (Å²) in [7, 11) is -3.74. The summed E-state index contributed by atoms with van der Waals surface area (Å²) in [6.45, 7) is 4.78. The molecule has 0 amide bonds. The van der Waals surface area contributed by atoms with Gasteiger partial charge in [-0.15, -0.1) is 0 Å². The maximum Gasteiger partial charge on any atom is 0.490 e. The van der Waals surface area contributed by atoms with E-state index in [1.807, 2.05) is 18.4 Å². The highest BCUT2D eigenvalue weighted by molar-refractivity contribution is 7.92. The number of aromatic carboxylic acids is 1. The second-order valence-corrected chi connectivity index (χ2v) is 11.8. The van der Waals surface area contributed by atoms with Crippen LogP contribution in [-0.2, 0) is 21.4 Å². The highest BCUT2D eigenvalue weighted by Gasteiger charge is 2.38. The van der Waals surface area contributed by atoms with Crippen LogP contribution in [0.1, 0.15) is 42.4 Å². The van der Waals surface area contributed by atoms with Crippen LogP contribution in [0.25, 0.3) is 11.2 Å². The number of nitrogens with zero attached hydrogens (tertiary/aromatic N) is 3. The average Bonchev–Trinajstić information content (AvgIpc) is 3.37. The number of carboxylic acids is 2. The molecule has 236 valence electrons. The molecule has 0 bridgehead atoms. The Morgan fingerprint density at radius 1 is 1.00 bits per heavy atom. The molecule has 4 rings (SSSR count). The lowest BCUT2D eigenvalue weighted by atomic mass is 9.99. The minimum atomic E-state index is -5.08. The summed E-state index contributed by atoms with van der Waals surface area (Å²) in [5.74, 6) is -3.85. The lowest BCUT2D eigenvalue weighted by Crippen LogP contribution is -2.42. The van der Waals surface area contributed by atoms with E-state index in [9.17, 15) is 36.6 Å². The molecule has 2 heterocycles. The number of benzene rings is 2. The molecule has 1 unspecified atom stereocenters. The minimum absolute atomic E-state index is 0.0388. The number of imidazole rings is 1. The monoisotopic (exact) mass is 637 g/mol. The van der Waals surface area contributed by atoms with Gasteiger partial charge < -0.3 is 25.2 Å². The van der Waals surface area contributed by atoms with E-state index in [-0.39, 0.29) is 22.7 Å². The van der Waals surface area contributed by atoms with Crippen molar-refractivity contribution in [1.82, 2.24) is 19.9 Å². The molecule has 4 aromatic rings. The van der Waals surface area contributed by atoms with Gasteiger partial charge in [-0.1, -0.05) is 30.3 Å². The molecule has 0 saturated carbocycles. The van der Waals surface area contributed by atoms with Gasteiger partial charge in [0, 0.05) is 24.3 Å². The predicted octanol–water partition coefficient (Wildman–Crippen LogP) is 4.06. The Morgan fingerprint density at radius 3 is 2.27 bits per heavy atom. The number of rotatable bonds is 11. The first kappa shape index (κ1) is 34.0. The molecule has 0 aliphatic rings. The zero-order valence-corrected chi connectivity index (χ0v) is 24.3. The summed E-state index contributed by atoms with van der Waals surface area (Å²) in [6, 6.07) is 17.8. The Balaban J connectivity index is 0.000000676. The van der Waals surface area contributed by atoms with Gasteiger partial charge in [0.05, 0.1) is 17.3 Å². The molecule has 5 N–H and O–H groups in total. The number of halogens is 3. The molecule has 0 radical (unpaired) electrons. The summed E-state index contributed by atoms with van der Waals surface area (Å²) < 4.78 is 61.3. The van der Waals surface area contributed by atoms with Gasteiger partial charge in [-0.3, -0.25) is 4.72 Å². The number of aliphatic hydroxyl groups is 1. The second kappa shape index (κ2) is 13.8. The van der Waals surface area contributed by atoms with E-state index in [2.05, 4.69) is 20.0 Å². The molecule has 16 heteroatoms. The Morgan fingerprint density at radius 2 is 1.66 bits per heavy atom. The minimum Gasteiger partial charge on any atom is -0.477 e. The lowest BCUT2D eigenvalue weighted by Gasteiger charge is -2.28. The summed E-state index contributed by atoms with van der Waals surface area (Å²) in [4.78, 5) is 28.8. The lowest BCUT2D eigenvalue weighted by molar-refractivity contribution is -0.192. The Labute approximate surface area is 250 Å². The Kier molecular flexibility index (Phi) is 10.7. The molecule has 12 nitrogen and oxygen atoms in total. The fraction of sp³-hybridized carbons (Fsp3) is 0.286. The average molecular weight is 638 g/mol. The van der Waals surface area contributed by atoms with Gasteiger partial charge in [0.1, 0.15) is 5.52 Å². The molecule has 1 atom stereocenters. The zero-order chi connectivity index (χ0) is 32.7.